The van der Waals surface area contributed by atoms with Gasteiger partial charge < -0.3 is 9.47 Å². The van der Waals surface area contributed by atoms with Crippen LogP contribution in [0, 0.1) is 12.7 Å². The van der Waals surface area contributed by atoms with E-state index < -0.39 is 0 Å². The maximum Gasteiger partial charge on any atom is 0.163 e. The Hall–Kier alpha value is -1.42. The van der Waals surface area contributed by atoms with Gasteiger partial charge in [-0.1, -0.05) is 0 Å². The summed E-state index contributed by atoms with van der Waals surface area (Å²) in [6.45, 7) is 4.08. The van der Waals surface area contributed by atoms with E-state index >= 15 is 0 Å². The van der Waals surface area contributed by atoms with Gasteiger partial charge in [-0.25, -0.2) is 4.39 Å². The molecule has 0 atom stereocenters. The fourth-order valence-electron chi connectivity index (χ4n) is 1.49. The first-order valence-corrected chi connectivity index (χ1v) is 5.13. The van der Waals surface area contributed by atoms with E-state index in [1.165, 1.54) is 13.0 Å². The maximum atomic E-state index is 13.3. The Morgan fingerprint density at radius 1 is 1.50 bits per heavy atom. The average Bonchev–Trinajstić information content (AvgIpc) is 2.16. The fraction of sp³-hybridized carbons (Fsp3) is 0.417. The molecule has 16 heavy (non-hydrogen) atoms. The quantitative estimate of drug-likeness (QED) is 0.738. The first-order valence-electron chi connectivity index (χ1n) is 5.13. The number of halogens is 1. The summed E-state index contributed by atoms with van der Waals surface area (Å²) >= 11 is 0. The van der Waals surface area contributed by atoms with Crippen LogP contribution in [-0.4, -0.2) is 25.1 Å². The van der Waals surface area contributed by atoms with Crippen LogP contribution in [0.3, 0.4) is 0 Å². The molecular weight excluding hydrogens is 211 g/mol. The van der Waals surface area contributed by atoms with Crippen LogP contribution in [0.1, 0.15) is 22.8 Å². The smallest absolute Gasteiger partial charge is 0.163 e. The van der Waals surface area contributed by atoms with Gasteiger partial charge in [0.1, 0.15) is 17.7 Å². The van der Waals surface area contributed by atoms with Gasteiger partial charge >= 0.3 is 0 Å². The minimum Gasteiger partial charge on any atom is -0.485 e. The van der Waals surface area contributed by atoms with Crippen LogP contribution in [0.4, 0.5) is 4.39 Å². The molecule has 0 unspecified atom stereocenters. The number of Topliss-reactive ketones (excluding diaryl/α,β-unsaturated/α-hetero) is 1. The lowest BCUT2D eigenvalue weighted by Gasteiger charge is -2.27. The Balaban J connectivity index is 2.32. The molecule has 2 rings (SSSR count). The molecule has 0 spiro atoms. The van der Waals surface area contributed by atoms with Gasteiger partial charge in [0.25, 0.3) is 0 Å². The summed E-state index contributed by atoms with van der Waals surface area (Å²) < 4.78 is 23.9. The molecule has 1 aromatic rings. The van der Waals surface area contributed by atoms with Gasteiger partial charge in [-0.15, -0.1) is 0 Å². The molecule has 0 aliphatic carbocycles. The summed E-state index contributed by atoms with van der Waals surface area (Å²) in [7, 11) is 0. The summed E-state index contributed by atoms with van der Waals surface area (Å²) in [5, 5.41) is 0. The van der Waals surface area contributed by atoms with Crippen LogP contribution in [-0.2, 0) is 4.74 Å². The van der Waals surface area contributed by atoms with Crippen molar-refractivity contribution in [2.45, 2.75) is 20.0 Å². The molecule has 1 fully saturated rings. The van der Waals surface area contributed by atoms with Crippen LogP contribution in [0.15, 0.2) is 12.1 Å². The number of rotatable bonds is 3. The van der Waals surface area contributed by atoms with Crippen LogP contribution >= 0.6 is 0 Å². The van der Waals surface area contributed by atoms with Gasteiger partial charge in [-0.05, 0) is 31.5 Å². The minimum atomic E-state index is -0.387. The van der Waals surface area contributed by atoms with Crippen molar-refractivity contribution in [3.8, 4) is 5.75 Å². The highest BCUT2D eigenvalue weighted by Crippen LogP contribution is 2.25. The standard InChI is InChI=1S/C12H13FO3/c1-7-3-12(16-9-5-15-6-9)10(8(2)14)4-11(7)13/h3-4,9H,5-6H2,1-2H3. The number of benzene rings is 1. The van der Waals surface area contributed by atoms with E-state index in [-0.39, 0.29) is 23.3 Å². The summed E-state index contributed by atoms with van der Waals surface area (Å²) in [5.41, 5.74) is 0.759. The van der Waals surface area contributed by atoms with Gasteiger partial charge in [-0.3, -0.25) is 4.79 Å². The number of ketones is 1. The second kappa shape index (κ2) is 4.22. The average molecular weight is 224 g/mol. The van der Waals surface area contributed by atoms with Crippen molar-refractivity contribution < 1.29 is 18.7 Å². The van der Waals surface area contributed by atoms with Crippen molar-refractivity contribution in [1.82, 2.24) is 0 Å². The molecule has 0 N–H and O–H groups in total. The minimum absolute atomic E-state index is 0.0250. The molecule has 1 aliphatic heterocycles. The van der Waals surface area contributed by atoms with E-state index in [0.717, 1.165) is 0 Å². The maximum absolute atomic E-state index is 13.3. The lowest BCUT2D eigenvalue weighted by atomic mass is 10.1. The molecule has 1 aromatic carbocycles. The first-order chi connectivity index (χ1) is 7.58. The van der Waals surface area contributed by atoms with Crippen molar-refractivity contribution in [2.75, 3.05) is 13.2 Å². The zero-order valence-corrected chi connectivity index (χ0v) is 9.25. The fourth-order valence-corrected chi connectivity index (χ4v) is 1.49. The summed E-state index contributed by atoms with van der Waals surface area (Å²) in [6, 6.07) is 2.79. The first kappa shape index (κ1) is 11.1. The van der Waals surface area contributed by atoms with Crippen molar-refractivity contribution in [3.05, 3.63) is 29.1 Å². The molecule has 3 nitrogen and oxygen atoms in total. The van der Waals surface area contributed by atoms with Crippen molar-refractivity contribution >= 4 is 5.78 Å². The normalized spacial score (nSPS) is 15.7. The highest BCUT2D eigenvalue weighted by atomic mass is 19.1. The van der Waals surface area contributed by atoms with E-state index in [0.29, 0.717) is 24.5 Å². The molecule has 0 amide bonds. The van der Waals surface area contributed by atoms with E-state index in [9.17, 15) is 9.18 Å². The second-order valence-corrected chi connectivity index (χ2v) is 3.93. The Labute approximate surface area is 93.2 Å². The predicted molar refractivity (Wildman–Crippen MR) is 56.4 cm³/mol. The number of aryl methyl sites for hydroxylation is 1. The Bertz CT molecular complexity index is 425. The van der Waals surface area contributed by atoms with Gasteiger partial charge in [-0.2, -0.15) is 0 Å². The van der Waals surface area contributed by atoms with E-state index in [1.807, 2.05) is 0 Å². The highest BCUT2D eigenvalue weighted by Gasteiger charge is 2.22. The van der Waals surface area contributed by atoms with E-state index in [2.05, 4.69) is 0 Å². The number of hydrogen-bond acceptors (Lipinski definition) is 3. The van der Waals surface area contributed by atoms with Gasteiger partial charge in [0, 0.05) is 0 Å². The van der Waals surface area contributed by atoms with E-state index in [1.54, 1.807) is 13.0 Å². The molecular formula is C12H13FO3. The Morgan fingerprint density at radius 2 is 2.19 bits per heavy atom. The molecule has 1 aliphatic rings. The molecule has 0 bridgehead atoms. The van der Waals surface area contributed by atoms with Gasteiger partial charge in [0.2, 0.25) is 0 Å². The van der Waals surface area contributed by atoms with Crippen molar-refractivity contribution in [3.63, 3.8) is 0 Å². The molecule has 4 heteroatoms. The summed E-state index contributed by atoms with van der Waals surface area (Å²) in [5.74, 6) is -0.142. The topological polar surface area (TPSA) is 35.5 Å². The SMILES string of the molecule is CC(=O)c1cc(F)c(C)cc1OC1COC1. The lowest BCUT2D eigenvalue weighted by Crippen LogP contribution is -2.38. The third-order valence-corrected chi connectivity index (χ3v) is 2.54. The van der Waals surface area contributed by atoms with Crippen molar-refractivity contribution in [1.29, 1.82) is 0 Å². The number of hydrogen-bond donors (Lipinski definition) is 0. The zero-order chi connectivity index (χ0) is 11.7. The molecule has 0 aromatic heterocycles. The monoisotopic (exact) mass is 224 g/mol. The second-order valence-electron chi connectivity index (χ2n) is 3.93. The molecule has 0 radical (unpaired) electrons. The Morgan fingerprint density at radius 3 is 2.69 bits per heavy atom. The summed E-state index contributed by atoms with van der Waals surface area (Å²) in [4.78, 5) is 11.3. The van der Waals surface area contributed by atoms with Crippen LogP contribution in [0.25, 0.3) is 0 Å². The van der Waals surface area contributed by atoms with Gasteiger partial charge in [0.15, 0.2) is 5.78 Å². The number of ether oxygens (including phenoxy) is 2. The van der Waals surface area contributed by atoms with Crippen LogP contribution < -0.4 is 4.74 Å². The van der Waals surface area contributed by atoms with Gasteiger partial charge in [0.05, 0.1) is 18.8 Å². The van der Waals surface area contributed by atoms with Crippen LogP contribution in [0.5, 0.6) is 5.75 Å². The third-order valence-electron chi connectivity index (χ3n) is 2.54. The number of carbonyl (C=O) groups excluding carboxylic acids is 1. The molecule has 1 saturated heterocycles. The summed E-state index contributed by atoms with van der Waals surface area (Å²) in [6.07, 6.45) is -0.0250. The van der Waals surface area contributed by atoms with E-state index in [4.69, 9.17) is 9.47 Å². The molecule has 86 valence electrons. The molecule has 1 heterocycles. The van der Waals surface area contributed by atoms with Crippen LogP contribution in [0.2, 0.25) is 0 Å². The van der Waals surface area contributed by atoms with Crippen molar-refractivity contribution in [2.24, 2.45) is 0 Å². The largest absolute Gasteiger partial charge is 0.485 e. The predicted octanol–water partition coefficient (Wildman–Crippen LogP) is 2.11. The third kappa shape index (κ3) is 2.07. The number of carbonyl (C=O) groups is 1. The Kier molecular flexibility index (Phi) is 2.92. The highest BCUT2D eigenvalue weighted by molar-refractivity contribution is 5.96. The zero-order valence-electron chi connectivity index (χ0n) is 9.25. The lowest BCUT2D eigenvalue weighted by molar-refractivity contribution is -0.0798. The molecule has 0 saturated carbocycles.